The first-order chi connectivity index (χ1) is 12.2. The summed E-state index contributed by atoms with van der Waals surface area (Å²) in [6.45, 7) is 7.20. The van der Waals surface area contributed by atoms with Gasteiger partial charge in [-0.05, 0) is 51.8 Å². The van der Waals surface area contributed by atoms with Gasteiger partial charge in [-0.15, -0.1) is 0 Å². The van der Waals surface area contributed by atoms with Crippen molar-refractivity contribution >= 4 is 16.9 Å². The number of nitrogens with one attached hydrogen (secondary N) is 1. The smallest absolute Gasteiger partial charge is 0.167 e. The van der Waals surface area contributed by atoms with E-state index in [0.717, 1.165) is 5.57 Å². The van der Waals surface area contributed by atoms with E-state index in [-0.39, 0.29) is 34.0 Å². The van der Waals surface area contributed by atoms with E-state index in [1.165, 1.54) is 19.1 Å². The summed E-state index contributed by atoms with van der Waals surface area (Å²) in [5.74, 6) is -1.49. The van der Waals surface area contributed by atoms with Crippen LogP contribution in [0.5, 0.6) is 17.2 Å². The molecule has 0 amide bonds. The molecule has 0 aliphatic carbocycles. The summed E-state index contributed by atoms with van der Waals surface area (Å²) < 4.78 is 14.0. The first kappa shape index (κ1) is 19.4. The summed E-state index contributed by atoms with van der Waals surface area (Å²) in [5, 5.41) is 33.9. The summed E-state index contributed by atoms with van der Waals surface area (Å²) in [4.78, 5) is 0. The number of halogens is 1. The molecule has 0 radical (unpaired) electrons. The Morgan fingerprint density at radius 1 is 1.00 bits per heavy atom. The topological polar surface area (TPSA) is 72.7 Å². The number of benzene rings is 2. The highest BCUT2D eigenvalue weighted by Crippen LogP contribution is 2.48. The van der Waals surface area contributed by atoms with Crippen LogP contribution in [0.4, 0.5) is 15.8 Å². The van der Waals surface area contributed by atoms with Crippen LogP contribution in [0.2, 0.25) is 0 Å². The molecule has 0 aromatic heterocycles. The van der Waals surface area contributed by atoms with Gasteiger partial charge in [0.25, 0.3) is 0 Å². The molecule has 2 rings (SSSR count). The summed E-state index contributed by atoms with van der Waals surface area (Å²) in [5.41, 5.74) is 2.44. The second kappa shape index (κ2) is 7.95. The van der Waals surface area contributed by atoms with Gasteiger partial charge in [-0.25, -0.2) is 4.39 Å². The number of aromatic hydroxyl groups is 3. The zero-order chi connectivity index (χ0) is 19.4. The lowest BCUT2D eigenvalue weighted by molar-refractivity contribution is 0.392. The van der Waals surface area contributed by atoms with Gasteiger partial charge in [-0.2, -0.15) is 0 Å². The van der Waals surface area contributed by atoms with Crippen molar-refractivity contribution in [2.24, 2.45) is 0 Å². The monoisotopic (exact) mass is 357 g/mol. The molecule has 0 heterocycles. The fourth-order valence-electron chi connectivity index (χ4n) is 2.61. The van der Waals surface area contributed by atoms with Gasteiger partial charge >= 0.3 is 0 Å². The van der Waals surface area contributed by atoms with Crippen LogP contribution < -0.4 is 5.32 Å². The maximum absolute atomic E-state index is 14.0. The van der Waals surface area contributed by atoms with Crippen LogP contribution in [0.1, 0.15) is 38.3 Å². The lowest BCUT2D eigenvalue weighted by Gasteiger charge is -2.19. The fraction of sp³-hybridized carbons (Fsp3) is 0.238. The molecule has 0 atom stereocenters. The van der Waals surface area contributed by atoms with Crippen molar-refractivity contribution in [3.63, 3.8) is 0 Å². The van der Waals surface area contributed by atoms with Gasteiger partial charge in [0.15, 0.2) is 11.5 Å². The minimum absolute atomic E-state index is 0.113. The van der Waals surface area contributed by atoms with E-state index in [1.807, 2.05) is 26.0 Å². The minimum atomic E-state index is -0.491. The Balaban J connectivity index is 2.62. The van der Waals surface area contributed by atoms with E-state index >= 15 is 0 Å². The summed E-state index contributed by atoms with van der Waals surface area (Å²) >= 11 is 0. The van der Waals surface area contributed by atoms with E-state index in [0.29, 0.717) is 12.0 Å². The molecular formula is C21H24FNO3. The summed E-state index contributed by atoms with van der Waals surface area (Å²) in [7, 11) is 0. The van der Waals surface area contributed by atoms with Gasteiger partial charge in [-0.3, -0.25) is 0 Å². The van der Waals surface area contributed by atoms with Gasteiger partial charge in [0.05, 0.1) is 16.9 Å². The zero-order valence-electron chi connectivity index (χ0n) is 15.4. The number of anilines is 2. The molecule has 0 aliphatic rings. The molecule has 0 unspecified atom stereocenters. The highest BCUT2D eigenvalue weighted by atomic mass is 19.1. The normalized spacial score (nSPS) is 11.3. The number of phenols is 3. The fourth-order valence-corrected chi connectivity index (χ4v) is 2.61. The number of hydrogen-bond donors (Lipinski definition) is 4. The Hall–Kier alpha value is -2.95. The molecule has 0 spiro atoms. The summed E-state index contributed by atoms with van der Waals surface area (Å²) in [6.07, 6.45) is 4.50. The maximum atomic E-state index is 14.0. The average Bonchev–Trinajstić information content (AvgIpc) is 2.59. The van der Waals surface area contributed by atoms with Crippen molar-refractivity contribution in [2.45, 2.75) is 34.1 Å². The Labute approximate surface area is 152 Å². The number of para-hydroxylation sites is 1. The molecule has 5 heteroatoms. The van der Waals surface area contributed by atoms with Crippen molar-refractivity contribution in [3.05, 3.63) is 58.9 Å². The quantitative estimate of drug-likeness (QED) is 0.312. The number of phenolic OH excluding ortho intramolecular Hbond substituents is 3. The zero-order valence-corrected chi connectivity index (χ0v) is 15.4. The molecule has 2 aromatic rings. The third kappa shape index (κ3) is 3.99. The molecule has 0 saturated carbocycles. The molecule has 0 aliphatic heterocycles. The van der Waals surface area contributed by atoms with Gasteiger partial charge in [0.1, 0.15) is 11.6 Å². The predicted octanol–water partition coefficient (Wildman–Crippen LogP) is 5.75. The SMILES string of the molecule is CC(C)=CCC=C(C)c1c(O)c(O)c(C)c(O)c1Nc1ccccc1F. The molecule has 4 nitrogen and oxygen atoms in total. The van der Waals surface area contributed by atoms with E-state index < -0.39 is 11.6 Å². The standard InChI is InChI=1S/C21H24FNO3/c1-12(2)8-7-9-13(3)17-18(19(24)14(4)20(25)21(17)26)23-16-11-6-5-10-15(16)22/h5-6,8-11,23-26H,7H2,1-4H3. The molecule has 2 aromatic carbocycles. The van der Waals surface area contributed by atoms with Gasteiger partial charge in [0.2, 0.25) is 0 Å². The molecule has 4 N–H and O–H groups in total. The Kier molecular flexibility index (Phi) is 5.93. The summed E-state index contributed by atoms with van der Waals surface area (Å²) in [6, 6.07) is 6.04. The Bertz CT molecular complexity index is 881. The third-order valence-corrected chi connectivity index (χ3v) is 4.14. The van der Waals surface area contributed by atoms with Crippen LogP contribution in [-0.4, -0.2) is 15.3 Å². The lowest BCUT2D eigenvalue weighted by atomic mass is 9.98. The van der Waals surface area contributed by atoms with Crippen LogP contribution in [0.15, 0.2) is 42.0 Å². The number of allylic oxidation sites excluding steroid dienone is 4. The van der Waals surface area contributed by atoms with Crippen molar-refractivity contribution < 1.29 is 19.7 Å². The average molecular weight is 357 g/mol. The van der Waals surface area contributed by atoms with E-state index in [1.54, 1.807) is 19.1 Å². The van der Waals surface area contributed by atoms with Gasteiger partial charge < -0.3 is 20.6 Å². The van der Waals surface area contributed by atoms with Crippen molar-refractivity contribution in [1.82, 2.24) is 0 Å². The van der Waals surface area contributed by atoms with Crippen LogP contribution in [0.25, 0.3) is 5.57 Å². The Morgan fingerprint density at radius 2 is 1.65 bits per heavy atom. The minimum Gasteiger partial charge on any atom is -0.505 e. The van der Waals surface area contributed by atoms with E-state index in [9.17, 15) is 19.7 Å². The second-order valence-electron chi connectivity index (χ2n) is 6.43. The molecule has 138 valence electrons. The second-order valence-corrected chi connectivity index (χ2v) is 6.43. The number of hydrogen-bond acceptors (Lipinski definition) is 4. The largest absolute Gasteiger partial charge is 0.505 e. The van der Waals surface area contributed by atoms with Crippen LogP contribution >= 0.6 is 0 Å². The van der Waals surface area contributed by atoms with Crippen molar-refractivity contribution in [1.29, 1.82) is 0 Å². The first-order valence-electron chi connectivity index (χ1n) is 8.33. The maximum Gasteiger partial charge on any atom is 0.167 e. The van der Waals surface area contributed by atoms with Crippen LogP contribution in [0.3, 0.4) is 0 Å². The predicted molar refractivity (Wildman–Crippen MR) is 104 cm³/mol. The van der Waals surface area contributed by atoms with Gasteiger partial charge in [0, 0.05) is 5.56 Å². The molecular weight excluding hydrogens is 333 g/mol. The molecule has 0 bridgehead atoms. The molecule has 26 heavy (non-hydrogen) atoms. The van der Waals surface area contributed by atoms with Crippen LogP contribution in [-0.2, 0) is 0 Å². The van der Waals surface area contributed by atoms with Crippen molar-refractivity contribution in [2.75, 3.05) is 5.32 Å². The third-order valence-electron chi connectivity index (χ3n) is 4.14. The molecule has 0 saturated heterocycles. The number of rotatable bonds is 5. The first-order valence-corrected chi connectivity index (χ1v) is 8.33. The van der Waals surface area contributed by atoms with E-state index in [4.69, 9.17) is 0 Å². The highest BCUT2D eigenvalue weighted by molar-refractivity contribution is 5.89. The van der Waals surface area contributed by atoms with Gasteiger partial charge in [-0.1, -0.05) is 29.9 Å². The van der Waals surface area contributed by atoms with Crippen molar-refractivity contribution in [3.8, 4) is 17.2 Å². The Morgan fingerprint density at radius 3 is 2.27 bits per heavy atom. The van der Waals surface area contributed by atoms with Crippen LogP contribution in [0, 0.1) is 12.7 Å². The highest BCUT2D eigenvalue weighted by Gasteiger charge is 2.23. The van der Waals surface area contributed by atoms with E-state index in [2.05, 4.69) is 5.32 Å². The lowest BCUT2D eigenvalue weighted by Crippen LogP contribution is -2.00. The molecule has 0 fully saturated rings.